The van der Waals surface area contributed by atoms with E-state index >= 15 is 0 Å². The number of hydrogen-bond donors (Lipinski definition) is 2. The van der Waals surface area contributed by atoms with E-state index < -0.39 is 0 Å². The average Bonchev–Trinajstić information content (AvgIpc) is 3.15. The van der Waals surface area contributed by atoms with E-state index in [0.717, 1.165) is 30.9 Å². The van der Waals surface area contributed by atoms with Crippen LogP contribution in [0.5, 0.6) is 0 Å². The van der Waals surface area contributed by atoms with E-state index in [9.17, 15) is 0 Å². The van der Waals surface area contributed by atoms with E-state index in [-0.39, 0.29) is 0 Å². The summed E-state index contributed by atoms with van der Waals surface area (Å²) >= 11 is 0. The molecule has 1 aromatic rings. The first-order valence-electron chi connectivity index (χ1n) is 7.21. The Kier molecular flexibility index (Phi) is 4.45. The molecular weight excluding hydrogens is 222 g/mol. The van der Waals surface area contributed by atoms with Gasteiger partial charge in [0.25, 0.3) is 0 Å². The number of rotatable bonds is 8. The van der Waals surface area contributed by atoms with Crippen molar-refractivity contribution < 1.29 is 0 Å². The van der Waals surface area contributed by atoms with Gasteiger partial charge in [-0.1, -0.05) is 20.3 Å². The third kappa shape index (κ3) is 3.62. The molecule has 2 rings (SSSR count). The molecule has 1 aromatic heterocycles. The minimum Gasteiger partial charge on any atom is -0.384 e. The molecule has 100 valence electrons. The Hall–Kier alpha value is -1.25. The predicted octanol–water partition coefficient (Wildman–Crippen LogP) is 3.90. The molecule has 0 aromatic carbocycles. The third-order valence-corrected chi connectivity index (χ3v) is 3.72. The van der Waals surface area contributed by atoms with Gasteiger partial charge in [-0.25, -0.2) is 0 Å². The van der Waals surface area contributed by atoms with Crippen LogP contribution in [0.4, 0.5) is 11.4 Å². The number of hydrogen-bond acceptors (Lipinski definition) is 3. The van der Waals surface area contributed by atoms with Crippen LogP contribution in [-0.4, -0.2) is 18.1 Å². The molecule has 0 radical (unpaired) electrons. The van der Waals surface area contributed by atoms with Crippen molar-refractivity contribution in [3.63, 3.8) is 0 Å². The first kappa shape index (κ1) is 13.2. The van der Waals surface area contributed by atoms with E-state index in [1.54, 1.807) is 0 Å². The molecule has 0 unspecified atom stereocenters. The smallest absolute Gasteiger partial charge is 0.0547 e. The number of nitrogens with one attached hydrogen (secondary N) is 2. The van der Waals surface area contributed by atoms with Crippen LogP contribution in [0.2, 0.25) is 0 Å². The van der Waals surface area contributed by atoms with E-state index in [2.05, 4.69) is 35.5 Å². The van der Waals surface area contributed by atoms with Crippen LogP contribution in [0.3, 0.4) is 0 Å². The van der Waals surface area contributed by atoms with Crippen molar-refractivity contribution in [1.29, 1.82) is 0 Å². The van der Waals surface area contributed by atoms with Crippen LogP contribution >= 0.6 is 0 Å². The van der Waals surface area contributed by atoms with Gasteiger partial charge in [-0.2, -0.15) is 0 Å². The zero-order chi connectivity index (χ0) is 12.8. The number of aromatic nitrogens is 1. The maximum atomic E-state index is 4.28. The van der Waals surface area contributed by atoms with Gasteiger partial charge in [-0.15, -0.1) is 0 Å². The monoisotopic (exact) mass is 247 g/mol. The lowest BCUT2D eigenvalue weighted by atomic mass is 10.0. The molecule has 0 spiro atoms. The Morgan fingerprint density at radius 2 is 1.83 bits per heavy atom. The second kappa shape index (κ2) is 6.07. The Morgan fingerprint density at radius 1 is 1.11 bits per heavy atom. The molecule has 1 aliphatic rings. The summed E-state index contributed by atoms with van der Waals surface area (Å²) in [5.74, 6) is 0. The van der Waals surface area contributed by atoms with Gasteiger partial charge in [-0.3, -0.25) is 4.98 Å². The number of anilines is 2. The molecule has 0 aliphatic heterocycles. The molecule has 0 amide bonds. The molecule has 3 nitrogen and oxygen atoms in total. The van der Waals surface area contributed by atoms with Gasteiger partial charge in [0.2, 0.25) is 0 Å². The highest BCUT2D eigenvalue weighted by Crippen LogP contribution is 2.49. The Labute approximate surface area is 110 Å². The van der Waals surface area contributed by atoms with Crippen molar-refractivity contribution in [2.75, 3.05) is 23.7 Å². The van der Waals surface area contributed by atoms with Gasteiger partial charge < -0.3 is 10.6 Å². The molecule has 0 saturated heterocycles. The standard InChI is InChI=1S/C15H25N3/c1-3-5-15(6-7-15)12-18-14-9-13(10-16-11-14)17-8-4-2/h9-11,17-18H,3-8,12H2,1-2H3. The predicted molar refractivity (Wildman–Crippen MR) is 78.1 cm³/mol. The Bertz CT molecular complexity index is 372. The summed E-state index contributed by atoms with van der Waals surface area (Å²) in [7, 11) is 0. The lowest BCUT2D eigenvalue weighted by Gasteiger charge is -2.16. The normalized spacial score (nSPS) is 16.3. The summed E-state index contributed by atoms with van der Waals surface area (Å²) in [5.41, 5.74) is 2.84. The van der Waals surface area contributed by atoms with E-state index in [0.29, 0.717) is 5.41 Å². The summed E-state index contributed by atoms with van der Waals surface area (Å²) in [5, 5.41) is 6.92. The summed E-state index contributed by atoms with van der Waals surface area (Å²) in [6.07, 6.45) is 10.3. The molecule has 1 saturated carbocycles. The zero-order valence-corrected chi connectivity index (χ0v) is 11.6. The van der Waals surface area contributed by atoms with Crippen molar-refractivity contribution in [3.8, 4) is 0 Å². The van der Waals surface area contributed by atoms with Crippen molar-refractivity contribution in [3.05, 3.63) is 18.5 Å². The van der Waals surface area contributed by atoms with Gasteiger partial charge in [0.05, 0.1) is 23.8 Å². The van der Waals surface area contributed by atoms with E-state index in [1.165, 1.54) is 25.7 Å². The summed E-state index contributed by atoms with van der Waals surface area (Å²) < 4.78 is 0. The second-order valence-corrected chi connectivity index (χ2v) is 5.49. The maximum absolute atomic E-state index is 4.28. The molecular formula is C15H25N3. The third-order valence-electron chi connectivity index (χ3n) is 3.72. The van der Waals surface area contributed by atoms with E-state index in [1.807, 2.05) is 12.4 Å². The number of nitrogens with zero attached hydrogens (tertiary/aromatic N) is 1. The van der Waals surface area contributed by atoms with Gasteiger partial charge in [0.1, 0.15) is 0 Å². The molecule has 2 N–H and O–H groups in total. The summed E-state index contributed by atoms with van der Waals surface area (Å²) in [6, 6.07) is 2.16. The van der Waals surface area contributed by atoms with Crippen LogP contribution in [0, 0.1) is 5.41 Å². The fraction of sp³-hybridized carbons (Fsp3) is 0.667. The van der Waals surface area contributed by atoms with Crippen LogP contribution in [0.1, 0.15) is 46.0 Å². The lowest BCUT2D eigenvalue weighted by Crippen LogP contribution is -2.15. The molecule has 1 fully saturated rings. The van der Waals surface area contributed by atoms with Gasteiger partial charge in [0.15, 0.2) is 0 Å². The highest BCUT2D eigenvalue weighted by Gasteiger charge is 2.40. The van der Waals surface area contributed by atoms with Crippen molar-refractivity contribution >= 4 is 11.4 Å². The second-order valence-electron chi connectivity index (χ2n) is 5.49. The van der Waals surface area contributed by atoms with Gasteiger partial charge >= 0.3 is 0 Å². The molecule has 1 aliphatic carbocycles. The van der Waals surface area contributed by atoms with Crippen LogP contribution in [-0.2, 0) is 0 Å². The molecule has 18 heavy (non-hydrogen) atoms. The van der Waals surface area contributed by atoms with Crippen LogP contribution < -0.4 is 10.6 Å². The summed E-state index contributed by atoms with van der Waals surface area (Å²) in [6.45, 7) is 6.55. The topological polar surface area (TPSA) is 37.0 Å². The van der Waals surface area contributed by atoms with Crippen molar-refractivity contribution in [2.45, 2.75) is 46.0 Å². The fourth-order valence-electron chi connectivity index (χ4n) is 2.41. The van der Waals surface area contributed by atoms with Crippen molar-refractivity contribution in [2.24, 2.45) is 5.41 Å². The van der Waals surface area contributed by atoms with E-state index in [4.69, 9.17) is 0 Å². The average molecular weight is 247 g/mol. The quantitative estimate of drug-likeness (QED) is 0.731. The summed E-state index contributed by atoms with van der Waals surface area (Å²) in [4.78, 5) is 4.28. The minimum absolute atomic E-state index is 0.585. The first-order chi connectivity index (χ1) is 8.78. The van der Waals surface area contributed by atoms with Crippen molar-refractivity contribution in [1.82, 2.24) is 4.98 Å². The van der Waals surface area contributed by atoms with Gasteiger partial charge in [0, 0.05) is 13.1 Å². The number of pyridine rings is 1. The fourth-order valence-corrected chi connectivity index (χ4v) is 2.41. The minimum atomic E-state index is 0.585. The highest BCUT2D eigenvalue weighted by atomic mass is 14.9. The largest absolute Gasteiger partial charge is 0.384 e. The lowest BCUT2D eigenvalue weighted by molar-refractivity contribution is 0.485. The molecule has 3 heteroatoms. The molecule has 0 atom stereocenters. The maximum Gasteiger partial charge on any atom is 0.0547 e. The Morgan fingerprint density at radius 3 is 2.44 bits per heavy atom. The Balaban J connectivity index is 1.85. The first-order valence-corrected chi connectivity index (χ1v) is 7.21. The SMILES string of the molecule is CCCNc1cncc(NCC2(CCC)CC2)c1. The highest BCUT2D eigenvalue weighted by molar-refractivity contribution is 5.54. The molecule has 1 heterocycles. The van der Waals surface area contributed by atoms with Gasteiger partial charge in [-0.05, 0) is 37.2 Å². The molecule has 0 bridgehead atoms. The zero-order valence-electron chi connectivity index (χ0n) is 11.6. The van der Waals surface area contributed by atoms with Crippen LogP contribution in [0.25, 0.3) is 0 Å². The van der Waals surface area contributed by atoms with Crippen LogP contribution in [0.15, 0.2) is 18.5 Å².